The number of amides is 2. The maximum atomic E-state index is 13.3. The molecule has 1 aromatic rings. The van der Waals surface area contributed by atoms with Gasteiger partial charge in [0.1, 0.15) is 6.04 Å². The van der Waals surface area contributed by atoms with Crippen molar-refractivity contribution in [2.45, 2.75) is 71.0 Å². The van der Waals surface area contributed by atoms with Crippen LogP contribution in [0.25, 0.3) is 0 Å². The molecule has 2 saturated heterocycles. The van der Waals surface area contributed by atoms with Crippen molar-refractivity contribution in [3.05, 3.63) is 35.4 Å². The zero-order valence-electron chi connectivity index (χ0n) is 17.9. The van der Waals surface area contributed by atoms with Crippen molar-refractivity contribution in [1.29, 1.82) is 0 Å². The van der Waals surface area contributed by atoms with Gasteiger partial charge >= 0.3 is 0 Å². The van der Waals surface area contributed by atoms with Crippen LogP contribution in [0, 0.1) is 11.8 Å². The first-order chi connectivity index (χ1) is 14.1. The normalized spacial score (nSPS) is 26.6. The number of piperidine rings is 2. The zero-order chi connectivity index (χ0) is 20.4. The Morgan fingerprint density at radius 2 is 1.97 bits per heavy atom. The first-order valence-electron chi connectivity index (χ1n) is 11.5. The molecule has 2 fully saturated rings. The van der Waals surface area contributed by atoms with E-state index in [1.807, 2.05) is 24.3 Å². The Morgan fingerprint density at radius 1 is 1.17 bits per heavy atom. The predicted octanol–water partition coefficient (Wildman–Crippen LogP) is 3.44. The third-order valence-electron chi connectivity index (χ3n) is 7.40. The number of rotatable bonds is 6. The van der Waals surface area contributed by atoms with Crippen molar-refractivity contribution in [2.24, 2.45) is 11.8 Å². The maximum Gasteiger partial charge on any atom is 0.255 e. The Balaban J connectivity index is 1.44. The number of benzene rings is 1. The van der Waals surface area contributed by atoms with E-state index in [0.29, 0.717) is 18.5 Å². The molecule has 0 saturated carbocycles. The van der Waals surface area contributed by atoms with Crippen molar-refractivity contribution >= 4 is 11.8 Å². The van der Waals surface area contributed by atoms with Gasteiger partial charge in [0.05, 0.1) is 0 Å². The lowest BCUT2D eigenvalue weighted by Gasteiger charge is -2.44. The molecule has 158 valence electrons. The fourth-order valence-corrected chi connectivity index (χ4v) is 5.58. The molecule has 1 N–H and O–H groups in total. The molecule has 0 bridgehead atoms. The van der Waals surface area contributed by atoms with Gasteiger partial charge in [-0.3, -0.25) is 9.59 Å². The largest absolute Gasteiger partial charge is 0.354 e. The van der Waals surface area contributed by atoms with Crippen molar-refractivity contribution in [1.82, 2.24) is 15.1 Å². The van der Waals surface area contributed by atoms with E-state index in [9.17, 15) is 9.59 Å². The average Bonchev–Trinajstić information content (AvgIpc) is 3.08. The third kappa shape index (κ3) is 4.07. The first kappa shape index (κ1) is 20.4. The van der Waals surface area contributed by atoms with E-state index in [0.717, 1.165) is 24.1 Å². The first-order valence-corrected chi connectivity index (χ1v) is 11.5. The Morgan fingerprint density at radius 3 is 2.76 bits per heavy atom. The monoisotopic (exact) mass is 397 g/mol. The highest BCUT2D eigenvalue weighted by atomic mass is 16.2. The van der Waals surface area contributed by atoms with Crippen LogP contribution >= 0.6 is 0 Å². The van der Waals surface area contributed by atoms with Crippen LogP contribution < -0.4 is 5.32 Å². The Kier molecular flexibility index (Phi) is 6.23. The van der Waals surface area contributed by atoms with E-state index in [4.69, 9.17) is 0 Å². The maximum absolute atomic E-state index is 13.3. The summed E-state index contributed by atoms with van der Waals surface area (Å²) in [5, 5.41) is 3.27. The zero-order valence-corrected chi connectivity index (χ0v) is 17.9. The molecule has 5 nitrogen and oxygen atoms in total. The second-order valence-corrected chi connectivity index (χ2v) is 9.17. The summed E-state index contributed by atoms with van der Waals surface area (Å²) >= 11 is 0. The molecular formula is C24H35N3O2. The summed E-state index contributed by atoms with van der Waals surface area (Å²) in [6.07, 6.45) is 7.17. The van der Waals surface area contributed by atoms with E-state index in [1.165, 1.54) is 45.2 Å². The van der Waals surface area contributed by atoms with Crippen LogP contribution in [0.4, 0.5) is 0 Å². The molecule has 5 heteroatoms. The number of hydrogen-bond acceptors (Lipinski definition) is 3. The molecule has 4 rings (SSSR count). The molecule has 3 aliphatic rings. The minimum absolute atomic E-state index is 0.00262. The SMILES string of the molecule is CC[C@H](C)[C@H](C(=O)NC[C@@H]1CCCN2CCCCC12)N1Cc2ccccc2C1=O. The van der Waals surface area contributed by atoms with Gasteiger partial charge in [-0.15, -0.1) is 0 Å². The number of nitrogens with zero attached hydrogens (tertiary/aromatic N) is 2. The van der Waals surface area contributed by atoms with Gasteiger partial charge in [0, 0.05) is 24.7 Å². The second kappa shape index (κ2) is 8.86. The Hall–Kier alpha value is -1.88. The summed E-state index contributed by atoms with van der Waals surface area (Å²) < 4.78 is 0. The smallest absolute Gasteiger partial charge is 0.255 e. The van der Waals surface area contributed by atoms with Gasteiger partial charge < -0.3 is 15.1 Å². The summed E-state index contributed by atoms with van der Waals surface area (Å²) in [4.78, 5) is 30.7. The minimum Gasteiger partial charge on any atom is -0.354 e. The number of carbonyl (C=O) groups is 2. The van der Waals surface area contributed by atoms with Crippen LogP contribution in [0.1, 0.15) is 68.3 Å². The quantitative estimate of drug-likeness (QED) is 0.800. The predicted molar refractivity (Wildman–Crippen MR) is 115 cm³/mol. The number of hydrogen-bond donors (Lipinski definition) is 1. The lowest BCUT2D eigenvalue weighted by molar-refractivity contribution is -0.127. The van der Waals surface area contributed by atoms with E-state index < -0.39 is 6.04 Å². The van der Waals surface area contributed by atoms with Crippen LogP contribution in [-0.2, 0) is 11.3 Å². The van der Waals surface area contributed by atoms with Gasteiger partial charge in [0.15, 0.2) is 0 Å². The van der Waals surface area contributed by atoms with Gasteiger partial charge in [0.25, 0.3) is 5.91 Å². The van der Waals surface area contributed by atoms with Gasteiger partial charge in [-0.05, 0) is 62.2 Å². The van der Waals surface area contributed by atoms with Crippen molar-refractivity contribution in [2.75, 3.05) is 19.6 Å². The van der Waals surface area contributed by atoms with Crippen LogP contribution in [0.5, 0.6) is 0 Å². The van der Waals surface area contributed by atoms with Crippen LogP contribution in [0.3, 0.4) is 0 Å². The fraction of sp³-hybridized carbons (Fsp3) is 0.667. The topological polar surface area (TPSA) is 52.7 Å². The summed E-state index contributed by atoms with van der Waals surface area (Å²) in [6.45, 7) is 7.89. The lowest BCUT2D eigenvalue weighted by atomic mass is 9.83. The highest BCUT2D eigenvalue weighted by Crippen LogP contribution is 2.31. The number of nitrogens with one attached hydrogen (secondary N) is 1. The lowest BCUT2D eigenvalue weighted by Crippen LogP contribution is -2.54. The summed E-state index contributed by atoms with van der Waals surface area (Å²) in [7, 11) is 0. The molecule has 4 atom stereocenters. The molecule has 1 unspecified atom stereocenters. The van der Waals surface area contributed by atoms with Crippen molar-refractivity contribution in [3.63, 3.8) is 0 Å². The highest BCUT2D eigenvalue weighted by Gasteiger charge is 2.39. The molecule has 2 amide bonds. The fourth-order valence-electron chi connectivity index (χ4n) is 5.58. The summed E-state index contributed by atoms with van der Waals surface area (Å²) in [5.74, 6) is 0.688. The molecule has 3 heterocycles. The van der Waals surface area contributed by atoms with Gasteiger partial charge in [0.2, 0.25) is 5.91 Å². The average molecular weight is 398 g/mol. The van der Waals surface area contributed by atoms with E-state index in [2.05, 4.69) is 24.1 Å². The van der Waals surface area contributed by atoms with E-state index in [1.54, 1.807) is 4.90 Å². The highest BCUT2D eigenvalue weighted by molar-refractivity contribution is 6.01. The second-order valence-electron chi connectivity index (χ2n) is 9.17. The van der Waals surface area contributed by atoms with Gasteiger partial charge in [-0.2, -0.15) is 0 Å². The summed E-state index contributed by atoms with van der Waals surface area (Å²) in [5.41, 5.74) is 1.78. The summed E-state index contributed by atoms with van der Waals surface area (Å²) in [6, 6.07) is 7.97. The van der Waals surface area contributed by atoms with Gasteiger partial charge in [-0.1, -0.05) is 44.9 Å². The molecule has 3 aliphatic heterocycles. The van der Waals surface area contributed by atoms with Crippen LogP contribution in [0.15, 0.2) is 24.3 Å². The molecule has 29 heavy (non-hydrogen) atoms. The molecular weight excluding hydrogens is 362 g/mol. The number of fused-ring (bicyclic) bond motifs is 2. The Labute approximate surface area is 174 Å². The third-order valence-corrected chi connectivity index (χ3v) is 7.40. The minimum atomic E-state index is -0.397. The molecule has 0 aromatic heterocycles. The standard InChI is InChI=1S/C24H35N3O2/c1-3-17(2)22(27-16-19-9-4-5-11-20(19)24(27)29)23(28)25-15-18-10-8-14-26-13-7-6-12-21(18)26/h4-5,9,11,17-18,21-22H,3,6-8,10,12-16H2,1-2H3,(H,25,28)/t17-,18-,21?,22+/m0/s1. The molecule has 0 radical (unpaired) electrons. The van der Waals surface area contributed by atoms with E-state index in [-0.39, 0.29) is 17.7 Å². The molecule has 0 spiro atoms. The van der Waals surface area contributed by atoms with E-state index >= 15 is 0 Å². The van der Waals surface area contributed by atoms with Crippen LogP contribution in [-0.4, -0.2) is 53.3 Å². The molecule has 0 aliphatic carbocycles. The number of carbonyl (C=O) groups excluding carboxylic acids is 2. The Bertz CT molecular complexity index is 747. The van der Waals surface area contributed by atoms with Crippen molar-refractivity contribution < 1.29 is 9.59 Å². The molecule has 1 aromatic carbocycles. The van der Waals surface area contributed by atoms with Crippen LogP contribution in [0.2, 0.25) is 0 Å². The van der Waals surface area contributed by atoms with Crippen molar-refractivity contribution in [3.8, 4) is 0 Å². The van der Waals surface area contributed by atoms with Gasteiger partial charge in [-0.25, -0.2) is 0 Å².